The highest BCUT2D eigenvalue weighted by Gasteiger charge is 2.24. The first kappa shape index (κ1) is 31.7. The van der Waals surface area contributed by atoms with Gasteiger partial charge in [0.25, 0.3) is 0 Å². The number of benzene rings is 7. The van der Waals surface area contributed by atoms with Crippen molar-refractivity contribution < 1.29 is 9.84 Å². The van der Waals surface area contributed by atoms with Gasteiger partial charge in [-0.1, -0.05) is 103 Å². The summed E-state index contributed by atoms with van der Waals surface area (Å²) in [6.07, 6.45) is -0.456. The first-order chi connectivity index (χ1) is 25.5. The standard InChI is InChI=1S/C47H39N3O2/c1-30-25-37(32-15-5-4-6-16-32)46(43(27-30)49-39-21-11-7-17-33(39)34-18-8-12-22-40(34)49)48-29-45(52-3)38-26-31(2)28-44(47(38)51)50-41-23-13-9-19-35(41)36-20-10-14-24-42(36)50/h4-28,45,48,51H,29H2,1-3H3. The Kier molecular flexibility index (Phi) is 7.79. The Hall–Kier alpha value is -6.30. The van der Waals surface area contributed by atoms with Crippen molar-refractivity contribution in [3.05, 3.63) is 168 Å². The lowest BCUT2D eigenvalue weighted by atomic mass is 9.98. The smallest absolute Gasteiger partial charge is 0.145 e. The highest BCUT2D eigenvalue weighted by atomic mass is 16.5. The van der Waals surface area contributed by atoms with Gasteiger partial charge in [-0.2, -0.15) is 0 Å². The SMILES string of the molecule is COC(CNc1c(-c2ccccc2)cc(C)cc1-n1c2ccccc2c2ccccc21)c1cc(C)cc(-n2c3ccccc3c3ccccc32)c1O. The van der Waals surface area contributed by atoms with Gasteiger partial charge in [-0.05, 0) is 79.1 Å². The number of nitrogens with one attached hydrogen (secondary N) is 1. The number of anilines is 1. The van der Waals surface area contributed by atoms with E-state index in [0.29, 0.717) is 6.54 Å². The van der Waals surface area contributed by atoms with Crippen LogP contribution >= 0.6 is 0 Å². The first-order valence-electron chi connectivity index (χ1n) is 17.8. The van der Waals surface area contributed by atoms with Crippen molar-refractivity contribution >= 4 is 49.3 Å². The molecule has 2 heterocycles. The molecule has 0 aliphatic heterocycles. The summed E-state index contributed by atoms with van der Waals surface area (Å²) in [6, 6.07) is 53.1. The fourth-order valence-corrected chi connectivity index (χ4v) is 8.06. The number of methoxy groups -OCH3 is 1. The number of phenols is 1. The number of nitrogens with zero attached hydrogens (tertiary/aromatic N) is 2. The normalized spacial score (nSPS) is 12.3. The van der Waals surface area contributed by atoms with Gasteiger partial charge in [0.2, 0.25) is 0 Å². The van der Waals surface area contributed by atoms with Crippen LogP contribution in [0.4, 0.5) is 5.69 Å². The summed E-state index contributed by atoms with van der Waals surface area (Å²) in [5, 5.41) is 20.8. The third kappa shape index (κ3) is 5.12. The Morgan fingerprint density at radius 2 is 1.00 bits per heavy atom. The van der Waals surface area contributed by atoms with E-state index in [1.165, 1.54) is 10.8 Å². The monoisotopic (exact) mass is 677 g/mol. The molecule has 1 atom stereocenters. The molecular weight excluding hydrogens is 639 g/mol. The maximum absolute atomic E-state index is 12.2. The van der Waals surface area contributed by atoms with Crippen LogP contribution in [0, 0.1) is 13.8 Å². The van der Waals surface area contributed by atoms with E-state index in [0.717, 1.165) is 77.7 Å². The predicted octanol–water partition coefficient (Wildman–Crippen LogP) is 11.7. The van der Waals surface area contributed by atoms with E-state index >= 15 is 0 Å². The molecule has 9 aromatic rings. The number of aromatic nitrogens is 2. The maximum Gasteiger partial charge on any atom is 0.145 e. The fourth-order valence-electron chi connectivity index (χ4n) is 8.06. The van der Waals surface area contributed by atoms with Gasteiger partial charge in [-0.25, -0.2) is 0 Å². The van der Waals surface area contributed by atoms with Gasteiger partial charge in [-0.15, -0.1) is 0 Å². The minimum absolute atomic E-state index is 0.209. The zero-order valence-corrected chi connectivity index (χ0v) is 29.5. The zero-order chi connectivity index (χ0) is 35.3. The van der Waals surface area contributed by atoms with Crippen molar-refractivity contribution in [2.24, 2.45) is 0 Å². The van der Waals surface area contributed by atoms with Gasteiger partial charge in [0, 0.05) is 46.3 Å². The average Bonchev–Trinajstić information content (AvgIpc) is 3.70. The quantitative estimate of drug-likeness (QED) is 0.168. The van der Waals surface area contributed by atoms with Crippen LogP contribution in [0.1, 0.15) is 22.8 Å². The van der Waals surface area contributed by atoms with Gasteiger partial charge in [0.15, 0.2) is 0 Å². The molecule has 5 heteroatoms. The number of ether oxygens (including phenoxy) is 1. The van der Waals surface area contributed by atoms with Crippen molar-refractivity contribution in [1.29, 1.82) is 0 Å². The molecule has 254 valence electrons. The number of fused-ring (bicyclic) bond motifs is 6. The molecule has 9 rings (SSSR count). The van der Waals surface area contributed by atoms with E-state index in [1.807, 2.05) is 18.2 Å². The molecule has 0 fully saturated rings. The summed E-state index contributed by atoms with van der Waals surface area (Å²) in [5.74, 6) is 0.209. The molecule has 0 saturated heterocycles. The molecule has 0 spiro atoms. The molecule has 1 unspecified atom stereocenters. The molecule has 5 nitrogen and oxygen atoms in total. The Bertz CT molecular complexity index is 2670. The number of rotatable bonds is 8. The van der Waals surface area contributed by atoms with Gasteiger partial charge < -0.3 is 24.3 Å². The minimum atomic E-state index is -0.456. The van der Waals surface area contributed by atoms with Crippen molar-refractivity contribution in [1.82, 2.24) is 9.13 Å². The topological polar surface area (TPSA) is 51.3 Å². The van der Waals surface area contributed by atoms with Crippen LogP contribution in [0.15, 0.2) is 152 Å². The van der Waals surface area contributed by atoms with Crippen LogP contribution < -0.4 is 5.32 Å². The molecular formula is C47H39N3O2. The second kappa shape index (κ2) is 12.8. The van der Waals surface area contributed by atoms with E-state index in [2.05, 4.69) is 162 Å². The average molecular weight is 678 g/mol. The molecule has 0 aliphatic rings. The third-order valence-corrected chi connectivity index (χ3v) is 10.3. The molecule has 0 saturated carbocycles. The van der Waals surface area contributed by atoms with Gasteiger partial charge in [0.05, 0.1) is 39.1 Å². The Balaban J connectivity index is 1.20. The largest absolute Gasteiger partial charge is 0.505 e. The number of aryl methyl sites for hydroxylation is 2. The number of phenolic OH excluding ortho intramolecular Hbond substituents is 1. The van der Waals surface area contributed by atoms with Gasteiger partial charge in [0.1, 0.15) is 11.9 Å². The molecule has 0 amide bonds. The summed E-state index contributed by atoms with van der Waals surface area (Å²) in [4.78, 5) is 0. The van der Waals surface area contributed by atoms with Crippen molar-refractivity contribution in [3.63, 3.8) is 0 Å². The summed E-state index contributed by atoms with van der Waals surface area (Å²) in [7, 11) is 1.72. The molecule has 0 radical (unpaired) electrons. The molecule has 0 bridgehead atoms. The summed E-state index contributed by atoms with van der Waals surface area (Å²) >= 11 is 0. The van der Waals surface area contributed by atoms with E-state index in [4.69, 9.17) is 4.74 Å². The van der Waals surface area contributed by atoms with Crippen LogP contribution in [-0.4, -0.2) is 27.9 Å². The Morgan fingerprint density at radius 3 is 1.52 bits per heavy atom. The fraction of sp³-hybridized carbons (Fsp3) is 0.106. The molecule has 52 heavy (non-hydrogen) atoms. The minimum Gasteiger partial charge on any atom is -0.505 e. The number of para-hydroxylation sites is 4. The van der Waals surface area contributed by atoms with Gasteiger partial charge >= 0.3 is 0 Å². The molecule has 0 aliphatic carbocycles. The van der Waals surface area contributed by atoms with Crippen molar-refractivity contribution in [2.75, 3.05) is 19.0 Å². The molecule has 2 aromatic heterocycles. The zero-order valence-electron chi connectivity index (χ0n) is 29.5. The maximum atomic E-state index is 12.2. The summed E-state index contributed by atoms with van der Waals surface area (Å²) < 4.78 is 10.8. The molecule has 2 N–H and O–H groups in total. The van der Waals surface area contributed by atoms with E-state index in [-0.39, 0.29) is 5.75 Å². The highest BCUT2D eigenvalue weighted by molar-refractivity contribution is 6.10. The highest BCUT2D eigenvalue weighted by Crippen LogP contribution is 2.42. The van der Waals surface area contributed by atoms with E-state index < -0.39 is 6.10 Å². The second-order valence-corrected chi connectivity index (χ2v) is 13.6. The van der Waals surface area contributed by atoms with Crippen molar-refractivity contribution in [3.8, 4) is 28.3 Å². The van der Waals surface area contributed by atoms with Crippen LogP contribution in [0.5, 0.6) is 5.75 Å². The third-order valence-electron chi connectivity index (χ3n) is 10.3. The van der Waals surface area contributed by atoms with Crippen molar-refractivity contribution in [2.45, 2.75) is 20.0 Å². The Labute approximate surface area is 303 Å². The first-order valence-corrected chi connectivity index (χ1v) is 17.8. The van der Waals surface area contributed by atoms with Crippen LogP contribution in [-0.2, 0) is 4.74 Å². The Morgan fingerprint density at radius 1 is 0.558 bits per heavy atom. The number of hydrogen-bond acceptors (Lipinski definition) is 3. The molecule has 7 aromatic carbocycles. The van der Waals surface area contributed by atoms with Gasteiger partial charge in [-0.3, -0.25) is 0 Å². The van der Waals surface area contributed by atoms with Crippen LogP contribution in [0.2, 0.25) is 0 Å². The van der Waals surface area contributed by atoms with E-state index in [1.54, 1.807) is 7.11 Å². The predicted molar refractivity (Wildman–Crippen MR) is 216 cm³/mol. The van der Waals surface area contributed by atoms with E-state index in [9.17, 15) is 5.11 Å². The van der Waals surface area contributed by atoms with Crippen LogP contribution in [0.3, 0.4) is 0 Å². The van der Waals surface area contributed by atoms with Crippen LogP contribution in [0.25, 0.3) is 66.1 Å². The lowest BCUT2D eigenvalue weighted by Gasteiger charge is -2.24. The second-order valence-electron chi connectivity index (χ2n) is 13.6. The lowest BCUT2D eigenvalue weighted by molar-refractivity contribution is 0.111. The summed E-state index contributed by atoms with van der Waals surface area (Å²) in [5.41, 5.74) is 12.3. The summed E-state index contributed by atoms with van der Waals surface area (Å²) in [6.45, 7) is 4.66. The number of hydrogen-bond donors (Lipinski definition) is 2. The number of aromatic hydroxyl groups is 1. The lowest BCUT2D eigenvalue weighted by Crippen LogP contribution is -2.17.